The zero-order valence-corrected chi connectivity index (χ0v) is 15.4. The molecule has 0 radical (unpaired) electrons. The Morgan fingerprint density at radius 1 is 0.724 bits per heavy atom. The van der Waals surface area contributed by atoms with Gasteiger partial charge in [0.05, 0.1) is 5.56 Å². The number of H-pyrrole nitrogens is 1. The Labute approximate surface area is 166 Å². The fourth-order valence-corrected chi connectivity index (χ4v) is 3.19. The highest BCUT2D eigenvalue weighted by molar-refractivity contribution is 6.15. The van der Waals surface area contributed by atoms with E-state index >= 15 is 0 Å². The Balaban J connectivity index is 1.52. The fraction of sp³-hybridized carbons (Fsp3) is 0.0417. The lowest BCUT2D eigenvalue weighted by Crippen LogP contribution is -2.17. The summed E-state index contributed by atoms with van der Waals surface area (Å²) in [5, 5.41) is 0.771. The van der Waals surface area contributed by atoms with Gasteiger partial charge in [-0.25, -0.2) is 4.79 Å². The average molecular weight is 383 g/mol. The van der Waals surface area contributed by atoms with E-state index in [1.54, 1.807) is 48.7 Å². The average Bonchev–Trinajstić information content (AvgIpc) is 3.21. The van der Waals surface area contributed by atoms with Crippen molar-refractivity contribution in [2.75, 3.05) is 6.61 Å². The van der Waals surface area contributed by atoms with Crippen LogP contribution in [0.3, 0.4) is 0 Å². The smallest absolute Gasteiger partial charge is 0.339 e. The van der Waals surface area contributed by atoms with Crippen molar-refractivity contribution in [1.29, 1.82) is 0 Å². The maximum absolute atomic E-state index is 12.8. The third kappa shape index (κ3) is 3.71. The molecule has 0 spiro atoms. The summed E-state index contributed by atoms with van der Waals surface area (Å²) in [6, 6.07) is 22.5. The molecule has 5 heteroatoms. The van der Waals surface area contributed by atoms with Crippen LogP contribution in [0.5, 0.6) is 0 Å². The zero-order chi connectivity index (χ0) is 20.2. The summed E-state index contributed by atoms with van der Waals surface area (Å²) in [5.41, 5.74) is 2.14. The van der Waals surface area contributed by atoms with Crippen molar-refractivity contribution in [2.45, 2.75) is 0 Å². The molecule has 0 atom stereocenters. The van der Waals surface area contributed by atoms with E-state index < -0.39 is 12.6 Å². The fourth-order valence-electron chi connectivity index (χ4n) is 3.19. The van der Waals surface area contributed by atoms with Crippen molar-refractivity contribution < 1.29 is 19.1 Å². The minimum Gasteiger partial charge on any atom is -0.454 e. The number of Topliss-reactive ketones (excluding diaryl/α,β-unsaturated/α-hetero) is 1. The standard InChI is InChI=1S/C24H17NO4/c26-22(20-14-25-21-13-7-6-10-17(20)21)15-29-24(28)19-12-5-4-11-18(19)23(27)16-8-2-1-3-9-16/h1-14,25H,15H2. The van der Waals surface area contributed by atoms with Gasteiger partial charge in [-0.15, -0.1) is 0 Å². The molecule has 0 aliphatic heterocycles. The largest absolute Gasteiger partial charge is 0.454 e. The molecule has 0 fully saturated rings. The van der Waals surface area contributed by atoms with Gasteiger partial charge in [-0.1, -0.05) is 66.7 Å². The van der Waals surface area contributed by atoms with E-state index in [0.29, 0.717) is 11.1 Å². The zero-order valence-electron chi connectivity index (χ0n) is 15.4. The van der Waals surface area contributed by atoms with E-state index in [1.165, 1.54) is 6.07 Å². The van der Waals surface area contributed by atoms with Crippen molar-refractivity contribution in [3.05, 3.63) is 107 Å². The molecule has 0 aliphatic rings. The van der Waals surface area contributed by atoms with Crippen molar-refractivity contribution >= 4 is 28.4 Å². The van der Waals surface area contributed by atoms with Crippen LogP contribution in [-0.4, -0.2) is 29.1 Å². The topological polar surface area (TPSA) is 76.2 Å². The molecule has 5 nitrogen and oxygen atoms in total. The lowest BCUT2D eigenvalue weighted by atomic mass is 9.98. The molecule has 3 aromatic carbocycles. The first-order valence-electron chi connectivity index (χ1n) is 9.10. The van der Waals surface area contributed by atoms with Crippen LogP contribution in [0, 0.1) is 0 Å². The Hall–Kier alpha value is -3.99. The number of benzene rings is 3. The van der Waals surface area contributed by atoms with Crippen LogP contribution in [0.25, 0.3) is 10.9 Å². The number of aromatic nitrogens is 1. The molecule has 0 aliphatic carbocycles. The molecule has 0 bridgehead atoms. The summed E-state index contributed by atoms with van der Waals surface area (Å²) in [6.45, 7) is -0.408. The monoisotopic (exact) mass is 383 g/mol. The van der Waals surface area contributed by atoms with Gasteiger partial charge in [-0.2, -0.15) is 0 Å². The highest BCUT2D eigenvalue weighted by atomic mass is 16.5. The summed E-state index contributed by atoms with van der Waals surface area (Å²) >= 11 is 0. The first-order chi connectivity index (χ1) is 14.1. The van der Waals surface area contributed by atoms with Crippen molar-refractivity contribution in [3.8, 4) is 0 Å². The number of aromatic amines is 1. The lowest BCUT2D eigenvalue weighted by Gasteiger charge is -2.09. The molecule has 0 saturated carbocycles. The number of carbonyl (C=O) groups is 3. The third-order valence-corrected chi connectivity index (χ3v) is 4.65. The number of hydrogen-bond acceptors (Lipinski definition) is 4. The van der Waals surface area contributed by atoms with Gasteiger partial charge in [-0.3, -0.25) is 9.59 Å². The Morgan fingerprint density at radius 3 is 2.17 bits per heavy atom. The van der Waals surface area contributed by atoms with Crippen LogP contribution < -0.4 is 0 Å². The minimum atomic E-state index is -0.710. The number of fused-ring (bicyclic) bond motifs is 1. The Morgan fingerprint density at radius 2 is 1.38 bits per heavy atom. The summed E-state index contributed by atoms with van der Waals surface area (Å²) in [7, 11) is 0. The quantitative estimate of drug-likeness (QED) is 0.394. The highest BCUT2D eigenvalue weighted by Crippen LogP contribution is 2.19. The van der Waals surface area contributed by atoms with Crippen LogP contribution in [-0.2, 0) is 4.74 Å². The number of para-hydroxylation sites is 1. The highest BCUT2D eigenvalue weighted by Gasteiger charge is 2.20. The predicted molar refractivity (Wildman–Crippen MR) is 109 cm³/mol. The SMILES string of the molecule is O=C(OCC(=O)c1c[nH]c2ccccc12)c1ccccc1C(=O)c1ccccc1. The van der Waals surface area contributed by atoms with Crippen LogP contribution in [0.4, 0.5) is 0 Å². The Kier molecular flexibility index (Phi) is 5.03. The summed E-state index contributed by atoms with van der Waals surface area (Å²) in [6.07, 6.45) is 1.60. The lowest BCUT2D eigenvalue weighted by molar-refractivity contribution is 0.0473. The molecule has 0 amide bonds. The molecule has 1 N–H and O–H groups in total. The number of esters is 1. The normalized spacial score (nSPS) is 10.6. The number of rotatable bonds is 6. The van der Waals surface area contributed by atoms with Gasteiger partial charge in [0.15, 0.2) is 12.4 Å². The van der Waals surface area contributed by atoms with Gasteiger partial charge in [-0.05, 0) is 12.1 Å². The van der Waals surface area contributed by atoms with Gasteiger partial charge >= 0.3 is 5.97 Å². The van der Waals surface area contributed by atoms with Crippen molar-refractivity contribution in [2.24, 2.45) is 0 Å². The number of ketones is 2. The summed E-state index contributed by atoms with van der Waals surface area (Å²) in [5.74, 6) is -1.30. The first kappa shape index (κ1) is 18.4. The van der Waals surface area contributed by atoms with Gasteiger partial charge in [0.2, 0.25) is 5.78 Å². The second kappa shape index (κ2) is 7.94. The third-order valence-electron chi connectivity index (χ3n) is 4.65. The van der Waals surface area contributed by atoms with Crippen LogP contribution in [0.2, 0.25) is 0 Å². The molecule has 142 valence electrons. The molecule has 0 saturated heterocycles. The number of ether oxygens (including phenoxy) is 1. The Bertz CT molecular complexity index is 1210. The second-order valence-corrected chi connectivity index (χ2v) is 6.49. The van der Waals surface area contributed by atoms with E-state index in [-0.39, 0.29) is 22.7 Å². The number of carbonyl (C=O) groups excluding carboxylic acids is 3. The predicted octanol–water partition coefficient (Wildman–Crippen LogP) is 4.44. The molecule has 1 heterocycles. The number of hydrogen-bond donors (Lipinski definition) is 1. The molecular formula is C24H17NO4. The minimum absolute atomic E-state index is 0.132. The van der Waals surface area contributed by atoms with E-state index in [1.807, 2.05) is 30.3 Å². The van der Waals surface area contributed by atoms with E-state index in [2.05, 4.69) is 4.98 Å². The van der Waals surface area contributed by atoms with E-state index in [0.717, 1.165) is 10.9 Å². The summed E-state index contributed by atoms with van der Waals surface area (Å²) in [4.78, 5) is 40.9. The molecule has 1 aromatic heterocycles. The molecule has 4 rings (SSSR count). The first-order valence-corrected chi connectivity index (χ1v) is 9.10. The second-order valence-electron chi connectivity index (χ2n) is 6.49. The maximum atomic E-state index is 12.8. The molecular weight excluding hydrogens is 366 g/mol. The summed E-state index contributed by atoms with van der Waals surface area (Å²) < 4.78 is 5.23. The maximum Gasteiger partial charge on any atom is 0.339 e. The molecule has 0 unspecified atom stereocenters. The van der Waals surface area contributed by atoms with Crippen LogP contribution in [0.1, 0.15) is 36.6 Å². The number of nitrogens with one attached hydrogen (secondary N) is 1. The van der Waals surface area contributed by atoms with Gasteiger partial charge in [0, 0.05) is 33.8 Å². The van der Waals surface area contributed by atoms with Crippen LogP contribution in [0.15, 0.2) is 85.1 Å². The van der Waals surface area contributed by atoms with E-state index in [4.69, 9.17) is 4.74 Å². The van der Waals surface area contributed by atoms with E-state index in [9.17, 15) is 14.4 Å². The van der Waals surface area contributed by atoms with Crippen molar-refractivity contribution in [1.82, 2.24) is 4.98 Å². The van der Waals surface area contributed by atoms with Gasteiger partial charge in [0.25, 0.3) is 0 Å². The van der Waals surface area contributed by atoms with Crippen molar-refractivity contribution in [3.63, 3.8) is 0 Å². The van der Waals surface area contributed by atoms with Gasteiger partial charge < -0.3 is 9.72 Å². The van der Waals surface area contributed by atoms with Crippen LogP contribution >= 0.6 is 0 Å². The van der Waals surface area contributed by atoms with Gasteiger partial charge in [0.1, 0.15) is 0 Å². The molecule has 4 aromatic rings. The molecule has 29 heavy (non-hydrogen) atoms.